The molecule has 0 unspecified atom stereocenters. The second kappa shape index (κ2) is 10.1. The third-order valence-corrected chi connectivity index (χ3v) is 10.6. The van der Waals surface area contributed by atoms with Crippen molar-refractivity contribution in [1.82, 2.24) is 0 Å². The van der Waals surface area contributed by atoms with Gasteiger partial charge in [0.1, 0.15) is 0 Å². The zero-order valence-corrected chi connectivity index (χ0v) is 25.2. The van der Waals surface area contributed by atoms with Crippen LogP contribution in [0.1, 0.15) is 36.8 Å². The minimum Gasteiger partial charge on any atom is -0.504 e. The van der Waals surface area contributed by atoms with E-state index < -0.39 is 35.0 Å². The van der Waals surface area contributed by atoms with Gasteiger partial charge in [-0.3, -0.25) is 19.2 Å². The lowest BCUT2D eigenvalue weighted by Gasteiger charge is -2.49. The summed E-state index contributed by atoms with van der Waals surface area (Å²) in [7, 11) is 1.46. The Hall–Kier alpha value is -4.43. The van der Waals surface area contributed by atoms with Crippen molar-refractivity contribution in [3.05, 3.63) is 94.5 Å². The van der Waals surface area contributed by atoms with Crippen LogP contribution < -0.4 is 14.5 Å². The number of methoxy groups -OCH3 is 1. The molecule has 7 rings (SSSR count). The monoisotopic (exact) mass is 610 g/mol. The molecule has 4 amide bonds. The lowest BCUT2D eigenvalue weighted by molar-refractivity contribution is -0.131. The van der Waals surface area contributed by atoms with Gasteiger partial charge < -0.3 is 9.84 Å². The molecule has 224 valence electrons. The van der Waals surface area contributed by atoms with Crippen LogP contribution in [0.3, 0.4) is 0 Å². The molecular formula is C35H31ClN2O6. The summed E-state index contributed by atoms with van der Waals surface area (Å²) in [5.41, 5.74) is 2.03. The zero-order chi connectivity index (χ0) is 31.1. The predicted octanol–water partition coefficient (Wildman–Crippen LogP) is 5.80. The first-order valence-electron chi connectivity index (χ1n) is 14.7. The van der Waals surface area contributed by atoms with Gasteiger partial charge in [-0.05, 0) is 80.1 Å². The summed E-state index contributed by atoms with van der Waals surface area (Å²) >= 11 is 6.38. The maximum absolute atomic E-state index is 14.4. The van der Waals surface area contributed by atoms with Crippen molar-refractivity contribution < 1.29 is 29.0 Å². The molecule has 4 aliphatic rings. The van der Waals surface area contributed by atoms with Gasteiger partial charge in [-0.1, -0.05) is 53.6 Å². The average molecular weight is 611 g/mol. The number of carbonyl (C=O) groups excluding carboxylic acids is 4. The highest BCUT2D eigenvalue weighted by Crippen LogP contribution is 2.64. The first-order chi connectivity index (χ1) is 21.1. The Morgan fingerprint density at radius 1 is 0.886 bits per heavy atom. The lowest BCUT2D eigenvalue weighted by atomic mass is 9.51. The first kappa shape index (κ1) is 28.3. The summed E-state index contributed by atoms with van der Waals surface area (Å²) in [5.74, 6) is -4.21. The van der Waals surface area contributed by atoms with Crippen LogP contribution >= 0.6 is 11.6 Å². The summed E-state index contributed by atoms with van der Waals surface area (Å²) in [4.78, 5) is 59.1. The molecule has 3 fully saturated rings. The highest BCUT2D eigenvalue weighted by molar-refractivity contribution is 6.32. The van der Waals surface area contributed by atoms with Crippen LogP contribution in [0.25, 0.3) is 0 Å². The third kappa shape index (κ3) is 3.83. The number of aromatic hydroxyl groups is 1. The molecule has 1 N–H and O–H groups in total. The van der Waals surface area contributed by atoms with Gasteiger partial charge in [0.05, 0.1) is 41.7 Å². The lowest BCUT2D eigenvalue weighted by Crippen LogP contribution is -2.48. The summed E-state index contributed by atoms with van der Waals surface area (Å²) in [6.07, 6.45) is 2.55. The van der Waals surface area contributed by atoms with Crippen LogP contribution in [0.2, 0.25) is 5.02 Å². The highest BCUT2D eigenvalue weighted by atomic mass is 35.5. The van der Waals surface area contributed by atoms with E-state index in [0.29, 0.717) is 28.4 Å². The number of amides is 4. The second-order valence-electron chi connectivity index (χ2n) is 12.4. The van der Waals surface area contributed by atoms with E-state index in [1.807, 2.05) is 26.0 Å². The van der Waals surface area contributed by atoms with Crippen LogP contribution in [0.15, 0.2) is 78.4 Å². The van der Waals surface area contributed by atoms with Gasteiger partial charge >= 0.3 is 0 Å². The maximum Gasteiger partial charge on any atom is 0.241 e. The van der Waals surface area contributed by atoms with Crippen LogP contribution in [0.5, 0.6) is 11.5 Å². The summed E-state index contributed by atoms with van der Waals surface area (Å²) in [6, 6.07) is 19.0. The number of nitrogens with zero attached hydrogens (tertiary/aromatic N) is 2. The molecular weight excluding hydrogens is 580 g/mol. The molecule has 8 nitrogen and oxygen atoms in total. The molecule has 0 bridgehead atoms. The van der Waals surface area contributed by atoms with E-state index in [9.17, 15) is 24.3 Å². The fourth-order valence-corrected chi connectivity index (χ4v) is 8.26. The fraction of sp³-hybridized carbons (Fsp3) is 0.314. The van der Waals surface area contributed by atoms with Gasteiger partial charge in [0.2, 0.25) is 23.6 Å². The number of anilines is 2. The number of fused-ring (bicyclic) bond motifs is 4. The van der Waals surface area contributed by atoms with Crippen LogP contribution in [0, 0.1) is 36.0 Å². The number of ether oxygens (including phenoxy) is 1. The number of halogens is 1. The van der Waals surface area contributed by atoms with E-state index in [1.54, 1.807) is 60.7 Å². The molecule has 0 spiro atoms. The van der Waals surface area contributed by atoms with Gasteiger partial charge in [0.25, 0.3) is 0 Å². The minimum absolute atomic E-state index is 0.0900. The molecule has 0 aromatic heterocycles. The molecule has 44 heavy (non-hydrogen) atoms. The van der Waals surface area contributed by atoms with Crippen molar-refractivity contribution in [3.8, 4) is 11.5 Å². The predicted molar refractivity (Wildman–Crippen MR) is 164 cm³/mol. The van der Waals surface area contributed by atoms with Crippen molar-refractivity contribution in [3.63, 3.8) is 0 Å². The fourth-order valence-electron chi connectivity index (χ4n) is 8.08. The molecule has 2 aliphatic heterocycles. The van der Waals surface area contributed by atoms with E-state index in [-0.39, 0.29) is 41.5 Å². The Kier molecular flexibility index (Phi) is 6.48. The number of hydrogen-bond donors (Lipinski definition) is 1. The number of phenols is 1. The van der Waals surface area contributed by atoms with Crippen molar-refractivity contribution in [2.24, 2.45) is 29.1 Å². The normalized spacial score (nSPS) is 29.4. The summed E-state index contributed by atoms with van der Waals surface area (Å²) < 4.78 is 5.28. The van der Waals surface area contributed by atoms with Crippen LogP contribution in [-0.4, -0.2) is 35.8 Å². The SMILES string of the molecule is COc1ccc([C@H]2C3=CC[C@@H]4C(=O)N(c5ccc(C)c(Cl)c5)C(=O)[C@@H]4[C@@H]3C[C@H]3C(=O)N(c4ccccc4)C(=O)[C@@]23C)cc1O. The van der Waals surface area contributed by atoms with Gasteiger partial charge in [-0.25, -0.2) is 9.80 Å². The van der Waals surface area contributed by atoms with Crippen molar-refractivity contribution in [2.75, 3.05) is 16.9 Å². The third-order valence-electron chi connectivity index (χ3n) is 10.2. The number of rotatable bonds is 4. The van der Waals surface area contributed by atoms with E-state index in [2.05, 4.69) is 0 Å². The molecule has 3 aromatic carbocycles. The Bertz CT molecular complexity index is 1790. The number of hydrogen-bond acceptors (Lipinski definition) is 6. The smallest absolute Gasteiger partial charge is 0.241 e. The van der Waals surface area contributed by atoms with Gasteiger partial charge in [0.15, 0.2) is 11.5 Å². The van der Waals surface area contributed by atoms with Gasteiger partial charge in [-0.2, -0.15) is 0 Å². The number of phenolic OH excluding ortho intramolecular Hbond substituents is 1. The van der Waals surface area contributed by atoms with Crippen LogP contribution in [0.4, 0.5) is 11.4 Å². The van der Waals surface area contributed by atoms with E-state index in [1.165, 1.54) is 16.9 Å². The molecule has 6 atom stereocenters. The number of allylic oxidation sites excluding steroid dienone is 2. The Labute approximate surface area is 259 Å². The minimum atomic E-state index is -1.20. The Morgan fingerprint density at radius 2 is 1.64 bits per heavy atom. The van der Waals surface area contributed by atoms with Crippen molar-refractivity contribution >= 4 is 46.6 Å². The average Bonchev–Trinajstić information content (AvgIpc) is 3.38. The maximum atomic E-state index is 14.4. The van der Waals surface area contributed by atoms with Gasteiger partial charge in [-0.15, -0.1) is 0 Å². The topological polar surface area (TPSA) is 104 Å². The number of imide groups is 2. The molecule has 9 heteroatoms. The zero-order valence-electron chi connectivity index (χ0n) is 24.5. The van der Waals surface area contributed by atoms with Gasteiger partial charge in [0, 0.05) is 10.9 Å². The quantitative estimate of drug-likeness (QED) is 0.296. The number of benzene rings is 3. The molecule has 2 heterocycles. The summed E-state index contributed by atoms with van der Waals surface area (Å²) in [6.45, 7) is 3.67. The molecule has 3 aromatic rings. The Balaban J connectivity index is 1.37. The molecule has 1 saturated carbocycles. The van der Waals surface area contributed by atoms with E-state index in [4.69, 9.17) is 16.3 Å². The number of aryl methyl sites for hydroxylation is 1. The summed E-state index contributed by atoms with van der Waals surface area (Å²) in [5, 5.41) is 11.3. The Morgan fingerprint density at radius 3 is 2.32 bits per heavy atom. The standard InChI is InChI=1S/C35H31ClN2O6/c1-18-9-11-21(16-26(18)36)37-31(40)23-13-12-22-24(29(23)33(37)42)17-25-32(41)38(20-7-5-4-6-8-20)34(43)35(25,2)30(22)19-10-14-28(44-3)27(39)15-19/h4-12,14-16,23-25,29-30,39H,13,17H2,1-3H3/t23-,24+,25-,29-,30-,35+/m0/s1. The molecule has 0 radical (unpaired) electrons. The molecule has 2 aliphatic carbocycles. The molecule has 2 saturated heterocycles. The number of para-hydroxylation sites is 1. The first-order valence-corrected chi connectivity index (χ1v) is 15.1. The van der Waals surface area contributed by atoms with Crippen LogP contribution in [-0.2, 0) is 19.2 Å². The van der Waals surface area contributed by atoms with E-state index >= 15 is 0 Å². The number of carbonyl (C=O) groups is 4. The van der Waals surface area contributed by atoms with Crippen molar-refractivity contribution in [2.45, 2.75) is 32.6 Å². The highest BCUT2D eigenvalue weighted by Gasteiger charge is 2.67. The van der Waals surface area contributed by atoms with E-state index in [0.717, 1.165) is 11.1 Å². The largest absolute Gasteiger partial charge is 0.504 e. The second-order valence-corrected chi connectivity index (χ2v) is 12.8. The van der Waals surface area contributed by atoms with Crippen molar-refractivity contribution in [1.29, 1.82) is 0 Å².